The number of nitrogen functional groups attached to an aromatic ring is 1. The van der Waals surface area contributed by atoms with Gasteiger partial charge in [-0.3, -0.25) is 0 Å². The van der Waals surface area contributed by atoms with Crippen molar-refractivity contribution in [1.82, 2.24) is 14.8 Å². The van der Waals surface area contributed by atoms with Crippen molar-refractivity contribution in [3.8, 4) is 17.4 Å². The predicted octanol–water partition coefficient (Wildman–Crippen LogP) is 2.95. The molecule has 0 saturated carbocycles. The van der Waals surface area contributed by atoms with Gasteiger partial charge in [0.25, 0.3) is 0 Å². The largest absolute Gasteiger partial charge is 0.421 e. The van der Waals surface area contributed by atoms with Gasteiger partial charge < -0.3 is 10.5 Å². The van der Waals surface area contributed by atoms with Gasteiger partial charge in [-0.25, -0.2) is 4.68 Å². The Kier molecular flexibility index (Phi) is 3.09. The maximum absolute atomic E-state index is 5.96. The Labute approximate surface area is 116 Å². The second-order valence-corrected chi connectivity index (χ2v) is 4.40. The van der Waals surface area contributed by atoms with E-state index in [0.29, 0.717) is 11.4 Å². The number of benzene rings is 2. The monoisotopic (exact) mass is 266 g/mol. The van der Waals surface area contributed by atoms with Gasteiger partial charge in [-0.1, -0.05) is 30.3 Å². The maximum atomic E-state index is 5.96. The second kappa shape index (κ2) is 5.05. The number of nitrogens with two attached hydrogens (primary N) is 1. The maximum Gasteiger partial charge on any atom is 0.341 e. The molecule has 0 amide bonds. The fourth-order valence-corrected chi connectivity index (χ4v) is 1.84. The fraction of sp³-hybridized carbons (Fsp3) is 0.0667. The van der Waals surface area contributed by atoms with Gasteiger partial charge in [0.15, 0.2) is 5.75 Å². The van der Waals surface area contributed by atoms with E-state index in [-0.39, 0.29) is 6.01 Å². The second-order valence-electron chi connectivity index (χ2n) is 4.40. The lowest BCUT2D eigenvalue weighted by molar-refractivity contribution is 0.443. The molecule has 2 aromatic carbocycles. The van der Waals surface area contributed by atoms with E-state index in [1.165, 1.54) is 0 Å². The molecule has 5 nitrogen and oxygen atoms in total. The molecule has 5 heteroatoms. The smallest absolute Gasteiger partial charge is 0.341 e. The van der Waals surface area contributed by atoms with Gasteiger partial charge in [0.05, 0.1) is 11.4 Å². The topological polar surface area (TPSA) is 66.0 Å². The number of para-hydroxylation sites is 2. The van der Waals surface area contributed by atoms with Crippen LogP contribution in [0.1, 0.15) is 5.56 Å². The number of hydrogen-bond donors (Lipinski definition) is 1. The third-order valence-electron chi connectivity index (χ3n) is 2.98. The average molecular weight is 266 g/mol. The third-order valence-corrected chi connectivity index (χ3v) is 2.98. The number of rotatable bonds is 3. The highest BCUT2D eigenvalue weighted by molar-refractivity contribution is 5.58. The molecule has 100 valence electrons. The molecule has 0 aliphatic rings. The van der Waals surface area contributed by atoms with E-state index in [9.17, 15) is 0 Å². The average Bonchev–Trinajstić information content (AvgIpc) is 2.93. The van der Waals surface area contributed by atoms with Gasteiger partial charge in [0.2, 0.25) is 0 Å². The highest BCUT2D eigenvalue weighted by atomic mass is 16.5. The zero-order chi connectivity index (χ0) is 13.9. The number of aromatic nitrogens is 3. The summed E-state index contributed by atoms with van der Waals surface area (Å²) in [7, 11) is 0. The van der Waals surface area contributed by atoms with E-state index in [2.05, 4.69) is 10.1 Å². The summed E-state index contributed by atoms with van der Waals surface area (Å²) < 4.78 is 7.28. The van der Waals surface area contributed by atoms with Crippen molar-refractivity contribution in [2.45, 2.75) is 6.92 Å². The summed E-state index contributed by atoms with van der Waals surface area (Å²) in [6.45, 7) is 1.93. The van der Waals surface area contributed by atoms with Crippen molar-refractivity contribution in [1.29, 1.82) is 0 Å². The molecule has 0 aliphatic heterocycles. The molecule has 1 aromatic heterocycles. The molecule has 0 unspecified atom stereocenters. The molecule has 3 rings (SSSR count). The Morgan fingerprint density at radius 2 is 1.85 bits per heavy atom. The van der Waals surface area contributed by atoms with Gasteiger partial charge in [0.1, 0.15) is 6.33 Å². The first-order valence-electron chi connectivity index (χ1n) is 6.24. The van der Waals surface area contributed by atoms with E-state index in [0.717, 1.165) is 11.3 Å². The first-order chi connectivity index (χ1) is 9.74. The predicted molar refractivity (Wildman–Crippen MR) is 77.0 cm³/mol. The Bertz CT molecular complexity index is 722. The van der Waals surface area contributed by atoms with Crippen LogP contribution in [-0.2, 0) is 0 Å². The van der Waals surface area contributed by atoms with E-state index in [4.69, 9.17) is 10.5 Å². The molecule has 0 spiro atoms. The zero-order valence-corrected chi connectivity index (χ0v) is 11.0. The Hall–Kier alpha value is -2.82. The molecule has 20 heavy (non-hydrogen) atoms. The quantitative estimate of drug-likeness (QED) is 0.740. The minimum Gasteiger partial charge on any atom is -0.421 e. The van der Waals surface area contributed by atoms with Gasteiger partial charge >= 0.3 is 6.01 Å². The van der Waals surface area contributed by atoms with Crippen LogP contribution in [0.5, 0.6) is 11.8 Å². The van der Waals surface area contributed by atoms with E-state index >= 15 is 0 Å². The summed E-state index contributed by atoms with van der Waals surface area (Å²) in [4.78, 5) is 4.13. The third kappa shape index (κ3) is 2.33. The molecular weight excluding hydrogens is 252 g/mol. The summed E-state index contributed by atoms with van der Waals surface area (Å²) >= 11 is 0. The van der Waals surface area contributed by atoms with E-state index < -0.39 is 0 Å². The molecule has 0 fully saturated rings. The first kappa shape index (κ1) is 12.2. The highest BCUT2D eigenvalue weighted by Crippen LogP contribution is 2.27. The molecule has 0 aliphatic carbocycles. The van der Waals surface area contributed by atoms with Gasteiger partial charge in [0, 0.05) is 0 Å². The van der Waals surface area contributed by atoms with Crippen LogP contribution in [0, 0.1) is 6.92 Å². The van der Waals surface area contributed by atoms with Crippen LogP contribution < -0.4 is 10.5 Å². The lowest BCUT2D eigenvalue weighted by Crippen LogP contribution is -1.97. The van der Waals surface area contributed by atoms with Crippen LogP contribution in [0.15, 0.2) is 54.9 Å². The van der Waals surface area contributed by atoms with Crippen LogP contribution in [0.25, 0.3) is 5.69 Å². The minimum atomic E-state index is 0.270. The lowest BCUT2D eigenvalue weighted by atomic mass is 10.2. The van der Waals surface area contributed by atoms with Crippen molar-refractivity contribution in [3.05, 3.63) is 60.4 Å². The molecule has 0 radical (unpaired) electrons. The van der Waals surface area contributed by atoms with E-state index in [1.54, 1.807) is 17.1 Å². The minimum absolute atomic E-state index is 0.270. The molecule has 1 heterocycles. The summed E-state index contributed by atoms with van der Waals surface area (Å²) in [5.74, 6) is 0.566. The summed E-state index contributed by atoms with van der Waals surface area (Å²) in [5, 5.41) is 4.27. The Morgan fingerprint density at radius 3 is 2.65 bits per heavy atom. The Morgan fingerprint density at radius 1 is 1.05 bits per heavy atom. The fourth-order valence-electron chi connectivity index (χ4n) is 1.84. The molecule has 0 saturated heterocycles. The molecular formula is C15H14N4O. The van der Waals surface area contributed by atoms with Gasteiger partial charge in [-0.2, -0.15) is 4.98 Å². The normalized spacial score (nSPS) is 10.4. The Balaban J connectivity index is 1.86. The van der Waals surface area contributed by atoms with Crippen LogP contribution in [0.4, 0.5) is 5.69 Å². The first-order valence-corrected chi connectivity index (χ1v) is 6.24. The van der Waals surface area contributed by atoms with Crippen molar-refractivity contribution in [3.63, 3.8) is 0 Å². The van der Waals surface area contributed by atoms with Crippen molar-refractivity contribution in [2.24, 2.45) is 0 Å². The van der Waals surface area contributed by atoms with Crippen LogP contribution in [0.3, 0.4) is 0 Å². The highest BCUT2D eigenvalue weighted by Gasteiger charge is 2.08. The standard InChI is InChI=1S/C15H14N4O/c1-11-6-5-9-13(14(11)16)20-15-17-10-19(18-15)12-7-3-2-4-8-12/h2-10H,16H2,1H3. The van der Waals surface area contributed by atoms with Crippen LogP contribution in [-0.4, -0.2) is 14.8 Å². The molecule has 0 bridgehead atoms. The number of anilines is 1. The van der Waals surface area contributed by atoms with Crippen LogP contribution >= 0.6 is 0 Å². The zero-order valence-electron chi connectivity index (χ0n) is 11.0. The SMILES string of the molecule is Cc1cccc(Oc2ncn(-c3ccccc3)n2)c1N. The van der Waals surface area contributed by atoms with Crippen molar-refractivity contribution in [2.75, 3.05) is 5.73 Å². The molecule has 0 atom stereocenters. The number of aryl methyl sites for hydroxylation is 1. The summed E-state index contributed by atoms with van der Waals surface area (Å²) in [6.07, 6.45) is 1.61. The number of ether oxygens (including phenoxy) is 1. The lowest BCUT2D eigenvalue weighted by Gasteiger charge is -2.06. The summed E-state index contributed by atoms with van der Waals surface area (Å²) in [5.41, 5.74) is 8.45. The molecule has 3 aromatic rings. The van der Waals surface area contributed by atoms with Gasteiger partial charge in [-0.05, 0) is 30.7 Å². The van der Waals surface area contributed by atoms with Gasteiger partial charge in [-0.15, -0.1) is 5.10 Å². The number of hydrogen-bond acceptors (Lipinski definition) is 4. The van der Waals surface area contributed by atoms with Crippen molar-refractivity contribution >= 4 is 5.69 Å². The van der Waals surface area contributed by atoms with E-state index in [1.807, 2.05) is 49.4 Å². The summed E-state index contributed by atoms with van der Waals surface area (Å²) in [6, 6.07) is 15.6. The van der Waals surface area contributed by atoms with Crippen molar-refractivity contribution < 1.29 is 4.74 Å². The number of nitrogens with zero attached hydrogens (tertiary/aromatic N) is 3. The molecule has 2 N–H and O–H groups in total. The van der Waals surface area contributed by atoms with Crippen LogP contribution in [0.2, 0.25) is 0 Å².